The Hall–Kier alpha value is -1.43. The minimum Gasteiger partial charge on any atom is -0.469 e. The fourth-order valence-corrected chi connectivity index (χ4v) is 2.42. The van der Waals surface area contributed by atoms with Gasteiger partial charge >= 0.3 is 5.97 Å². The molecule has 1 aromatic heterocycles. The normalized spacial score (nSPS) is 19.2. The number of esters is 1. The van der Waals surface area contributed by atoms with E-state index in [1.165, 1.54) is 7.11 Å². The molecule has 0 N–H and O–H groups in total. The van der Waals surface area contributed by atoms with Crippen molar-refractivity contribution < 1.29 is 14.3 Å². The van der Waals surface area contributed by atoms with Crippen molar-refractivity contribution in [2.24, 2.45) is 5.92 Å². The Labute approximate surface area is 113 Å². The smallest absolute Gasteiger partial charge is 0.311 e. The number of ether oxygens (including phenoxy) is 1. The fourth-order valence-electron chi connectivity index (χ4n) is 1.99. The summed E-state index contributed by atoms with van der Waals surface area (Å²) in [5, 5.41) is 0. The summed E-state index contributed by atoms with van der Waals surface area (Å²) in [7, 11) is 1.33. The number of methoxy groups -OCH3 is 1. The number of hydrogen-bond acceptors (Lipinski definition) is 4. The van der Waals surface area contributed by atoms with E-state index in [2.05, 4.69) is 25.7 Å². The second-order valence-electron chi connectivity index (χ2n) is 4.25. The molecule has 1 saturated heterocycles. The summed E-state index contributed by atoms with van der Waals surface area (Å²) in [5.41, 5.74) is 1.66. The number of pyridine rings is 1. The van der Waals surface area contributed by atoms with Crippen molar-refractivity contribution in [3.63, 3.8) is 0 Å². The highest BCUT2D eigenvalue weighted by atomic mass is 79.9. The van der Waals surface area contributed by atoms with Crippen LogP contribution in [0.5, 0.6) is 0 Å². The number of carbonyl (C=O) groups is 2. The van der Waals surface area contributed by atoms with Crippen molar-refractivity contribution in [3.8, 4) is 0 Å². The lowest BCUT2D eigenvalue weighted by molar-refractivity contribution is -0.145. The van der Waals surface area contributed by atoms with Crippen LogP contribution in [0.15, 0.2) is 16.9 Å². The number of aryl methyl sites for hydroxylation is 1. The highest BCUT2D eigenvalue weighted by molar-refractivity contribution is 9.10. The standard InChI is InChI=1S/C12H13BrN2O3/c1-7-3-9(11(13)14-5-7)15-6-8(4-10(15)16)12(17)18-2/h3,5,8H,4,6H2,1-2H3. The largest absolute Gasteiger partial charge is 0.469 e. The quantitative estimate of drug-likeness (QED) is 0.616. The van der Waals surface area contributed by atoms with E-state index in [1.54, 1.807) is 11.1 Å². The van der Waals surface area contributed by atoms with Crippen molar-refractivity contribution in [1.82, 2.24) is 4.98 Å². The molecular formula is C12H13BrN2O3. The molecule has 96 valence electrons. The SMILES string of the molecule is COC(=O)C1CC(=O)N(c2cc(C)cnc2Br)C1. The van der Waals surface area contributed by atoms with Crippen molar-refractivity contribution in [3.05, 3.63) is 22.4 Å². The number of amides is 1. The molecule has 0 spiro atoms. The maximum absolute atomic E-state index is 11.9. The highest BCUT2D eigenvalue weighted by Gasteiger charge is 2.36. The molecule has 0 aromatic carbocycles. The van der Waals surface area contributed by atoms with Crippen LogP contribution >= 0.6 is 15.9 Å². The number of hydrogen-bond donors (Lipinski definition) is 0. The number of halogens is 1. The Morgan fingerprint density at radius 1 is 1.61 bits per heavy atom. The third-order valence-corrected chi connectivity index (χ3v) is 3.52. The Morgan fingerprint density at radius 3 is 3.00 bits per heavy atom. The first kappa shape index (κ1) is 13.0. The van der Waals surface area contributed by atoms with Crippen molar-refractivity contribution in [2.75, 3.05) is 18.6 Å². The molecule has 5 nitrogen and oxygen atoms in total. The first-order valence-electron chi connectivity index (χ1n) is 5.53. The molecule has 1 atom stereocenters. The van der Waals surface area contributed by atoms with Gasteiger partial charge in [0, 0.05) is 19.2 Å². The van der Waals surface area contributed by atoms with Gasteiger partial charge in [0.25, 0.3) is 0 Å². The van der Waals surface area contributed by atoms with Crippen molar-refractivity contribution in [2.45, 2.75) is 13.3 Å². The molecule has 1 aliphatic rings. The van der Waals surface area contributed by atoms with Gasteiger partial charge in [-0.1, -0.05) is 0 Å². The van der Waals surface area contributed by atoms with Crippen LogP contribution in [0.25, 0.3) is 0 Å². The van der Waals surface area contributed by atoms with Crippen molar-refractivity contribution in [1.29, 1.82) is 0 Å². The van der Waals surface area contributed by atoms with Gasteiger partial charge in [0.1, 0.15) is 4.60 Å². The van der Waals surface area contributed by atoms with Crippen LogP contribution in [0.3, 0.4) is 0 Å². The molecule has 0 aliphatic carbocycles. The van der Waals surface area contributed by atoms with Gasteiger partial charge in [-0.05, 0) is 34.5 Å². The van der Waals surface area contributed by atoms with Crippen LogP contribution in [0.1, 0.15) is 12.0 Å². The molecule has 2 heterocycles. The van der Waals surface area contributed by atoms with Gasteiger partial charge in [-0.3, -0.25) is 9.59 Å². The topological polar surface area (TPSA) is 59.5 Å². The van der Waals surface area contributed by atoms with E-state index in [0.29, 0.717) is 16.8 Å². The zero-order valence-corrected chi connectivity index (χ0v) is 11.7. The molecule has 18 heavy (non-hydrogen) atoms. The van der Waals surface area contributed by atoms with E-state index in [9.17, 15) is 9.59 Å². The Morgan fingerprint density at radius 2 is 2.33 bits per heavy atom. The fraction of sp³-hybridized carbons (Fsp3) is 0.417. The number of rotatable bonds is 2. The maximum Gasteiger partial charge on any atom is 0.311 e. The highest BCUT2D eigenvalue weighted by Crippen LogP contribution is 2.31. The molecule has 0 radical (unpaired) electrons. The summed E-state index contributed by atoms with van der Waals surface area (Å²) in [4.78, 5) is 29.1. The lowest BCUT2D eigenvalue weighted by Gasteiger charge is -2.17. The first-order valence-corrected chi connectivity index (χ1v) is 6.32. The van der Waals surface area contributed by atoms with Gasteiger partial charge in [-0.25, -0.2) is 4.98 Å². The minimum absolute atomic E-state index is 0.0847. The molecule has 1 aromatic rings. The zero-order chi connectivity index (χ0) is 13.3. The predicted octanol–water partition coefficient (Wildman–Crippen LogP) is 1.68. The van der Waals surface area contributed by atoms with E-state index < -0.39 is 5.92 Å². The van der Waals surface area contributed by atoms with Gasteiger partial charge in [-0.2, -0.15) is 0 Å². The van der Waals surface area contributed by atoms with Gasteiger partial charge in [0.15, 0.2) is 0 Å². The molecule has 0 bridgehead atoms. The average molecular weight is 313 g/mol. The number of nitrogens with zero attached hydrogens (tertiary/aromatic N) is 2. The first-order chi connectivity index (χ1) is 8.52. The molecule has 1 aliphatic heterocycles. The maximum atomic E-state index is 11.9. The van der Waals surface area contributed by atoms with E-state index in [0.717, 1.165) is 5.56 Å². The molecule has 0 saturated carbocycles. The van der Waals surface area contributed by atoms with E-state index in [-0.39, 0.29) is 18.3 Å². The Bertz CT molecular complexity index is 504. The summed E-state index contributed by atoms with van der Waals surface area (Å²) in [6, 6.07) is 1.87. The molecule has 6 heteroatoms. The van der Waals surface area contributed by atoms with Crippen LogP contribution in [0.2, 0.25) is 0 Å². The molecular weight excluding hydrogens is 300 g/mol. The Kier molecular flexibility index (Phi) is 3.65. The lowest BCUT2D eigenvalue weighted by Crippen LogP contribution is -2.26. The second-order valence-corrected chi connectivity index (χ2v) is 5.00. The van der Waals surface area contributed by atoms with Gasteiger partial charge in [0.2, 0.25) is 5.91 Å². The van der Waals surface area contributed by atoms with E-state index in [4.69, 9.17) is 0 Å². The van der Waals surface area contributed by atoms with Crippen LogP contribution in [-0.2, 0) is 14.3 Å². The summed E-state index contributed by atoms with van der Waals surface area (Å²) < 4.78 is 5.28. The van der Waals surface area contributed by atoms with Gasteiger partial charge in [-0.15, -0.1) is 0 Å². The molecule has 2 rings (SSSR count). The predicted molar refractivity (Wildman–Crippen MR) is 69.2 cm³/mol. The van der Waals surface area contributed by atoms with E-state index >= 15 is 0 Å². The summed E-state index contributed by atoms with van der Waals surface area (Å²) in [6.45, 7) is 2.25. The average Bonchev–Trinajstić information content (AvgIpc) is 2.73. The van der Waals surface area contributed by atoms with Crippen LogP contribution in [0, 0.1) is 12.8 Å². The van der Waals surface area contributed by atoms with Gasteiger partial charge < -0.3 is 9.64 Å². The molecule has 1 unspecified atom stereocenters. The second kappa shape index (κ2) is 5.06. The third kappa shape index (κ3) is 2.38. The van der Waals surface area contributed by atoms with Gasteiger partial charge in [0.05, 0.1) is 18.7 Å². The summed E-state index contributed by atoms with van der Waals surface area (Å²) in [6.07, 6.45) is 1.90. The number of aromatic nitrogens is 1. The lowest BCUT2D eigenvalue weighted by atomic mass is 10.1. The summed E-state index contributed by atoms with van der Waals surface area (Å²) >= 11 is 3.32. The monoisotopic (exact) mass is 312 g/mol. The summed E-state index contributed by atoms with van der Waals surface area (Å²) in [5.74, 6) is -0.823. The third-order valence-electron chi connectivity index (χ3n) is 2.91. The number of anilines is 1. The molecule has 1 amide bonds. The van der Waals surface area contributed by atoms with Crippen LogP contribution in [-0.4, -0.2) is 30.5 Å². The van der Waals surface area contributed by atoms with Crippen LogP contribution < -0.4 is 4.90 Å². The zero-order valence-electron chi connectivity index (χ0n) is 10.1. The molecule has 1 fully saturated rings. The number of carbonyl (C=O) groups excluding carboxylic acids is 2. The van der Waals surface area contributed by atoms with E-state index in [1.807, 2.05) is 13.0 Å². The Balaban J connectivity index is 2.27. The van der Waals surface area contributed by atoms with Crippen molar-refractivity contribution >= 4 is 33.5 Å². The minimum atomic E-state index is -0.394. The van der Waals surface area contributed by atoms with Crippen LogP contribution in [0.4, 0.5) is 5.69 Å².